The zero-order valence-corrected chi connectivity index (χ0v) is 14.2. The molecule has 0 aliphatic carbocycles. The minimum atomic E-state index is -3.12. The first kappa shape index (κ1) is 16.7. The van der Waals surface area contributed by atoms with Crippen LogP contribution in [0, 0.1) is 5.41 Å². The van der Waals surface area contributed by atoms with Crippen LogP contribution in [0.15, 0.2) is 18.3 Å². The van der Waals surface area contributed by atoms with Crippen molar-refractivity contribution < 1.29 is 17.9 Å². The summed E-state index contributed by atoms with van der Waals surface area (Å²) in [6.45, 7) is 6.00. The molecule has 2 heterocycles. The summed E-state index contributed by atoms with van der Waals surface area (Å²) >= 11 is 0. The van der Waals surface area contributed by atoms with E-state index in [0.717, 1.165) is 0 Å². The van der Waals surface area contributed by atoms with E-state index < -0.39 is 9.84 Å². The standard InChI is InChI=1S/C15H22N2O4S/c1-15(2,3)12-10-22(19,20)9-8-17(12)14(18)13-11(21-4)6-5-7-16-13/h5-7,12H,8-10H2,1-4H3. The smallest absolute Gasteiger partial charge is 0.276 e. The normalized spacial score (nSPS) is 21.5. The highest BCUT2D eigenvalue weighted by atomic mass is 32.2. The molecule has 1 amide bonds. The second kappa shape index (κ2) is 5.87. The fourth-order valence-corrected chi connectivity index (χ4v) is 4.42. The van der Waals surface area contributed by atoms with Gasteiger partial charge in [-0.2, -0.15) is 0 Å². The van der Waals surface area contributed by atoms with Crippen molar-refractivity contribution in [2.75, 3.05) is 25.2 Å². The van der Waals surface area contributed by atoms with Crippen LogP contribution in [0.1, 0.15) is 31.3 Å². The number of rotatable bonds is 2. The summed E-state index contributed by atoms with van der Waals surface area (Å²) in [4.78, 5) is 18.6. The molecule has 1 fully saturated rings. The highest BCUT2D eigenvalue weighted by molar-refractivity contribution is 7.91. The van der Waals surface area contributed by atoms with Gasteiger partial charge in [0.15, 0.2) is 15.5 Å². The highest BCUT2D eigenvalue weighted by Crippen LogP contribution is 2.30. The second-order valence-electron chi connectivity index (χ2n) is 6.55. The number of carbonyl (C=O) groups is 1. The van der Waals surface area contributed by atoms with Crippen molar-refractivity contribution >= 4 is 15.7 Å². The summed E-state index contributed by atoms with van der Waals surface area (Å²) in [6, 6.07) is 2.98. The minimum absolute atomic E-state index is 0.0134. The van der Waals surface area contributed by atoms with E-state index in [0.29, 0.717) is 5.75 Å². The van der Waals surface area contributed by atoms with E-state index in [-0.39, 0.29) is 41.1 Å². The lowest BCUT2D eigenvalue weighted by Gasteiger charge is -2.42. The van der Waals surface area contributed by atoms with Gasteiger partial charge in [-0.15, -0.1) is 0 Å². The van der Waals surface area contributed by atoms with E-state index in [1.54, 1.807) is 17.0 Å². The number of sulfone groups is 1. The number of methoxy groups -OCH3 is 1. The molecule has 22 heavy (non-hydrogen) atoms. The zero-order valence-electron chi connectivity index (χ0n) is 13.4. The van der Waals surface area contributed by atoms with E-state index in [1.165, 1.54) is 13.3 Å². The number of hydrogen-bond donors (Lipinski definition) is 0. The third-order valence-electron chi connectivity index (χ3n) is 3.88. The van der Waals surface area contributed by atoms with Crippen molar-refractivity contribution in [1.29, 1.82) is 0 Å². The largest absolute Gasteiger partial charge is 0.494 e. The van der Waals surface area contributed by atoms with E-state index in [4.69, 9.17) is 4.74 Å². The van der Waals surface area contributed by atoms with Crippen LogP contribution >= 0.6 is 0 Å². The second-order valence-corrected chi connectivity index (χ2v) is 8.78. The average molecular weight is 326 g/mol. The molecule has 122 valence electrons. The molecule has 0 N–H and O–H groups in total. The van der Waals surface area contributed by atoms with Crippen LogP contribution in [-0.2, 0) is 9.84 Å². The van der Waals surface area contributed by atoms with Gasteiger partial charge in [0.1, 0.15) is 5.75 Å². The Labute approximate surface area is 131 Å². The Bertz CT molecular complexity index is 664. The molecule has 0 radical (unpaired) electrons. The molecule has 1 saturated heterocycles. The number of hydrogen-bond acceptors (Lipinski definition) is 5. The first-order chi connectivity index (χ1) is 10.2. The van der Waals surface area contributed by atoms with Crippen molar-refractivity contribution in [3.8, 4) is 5.75 Å². The fraction of sp³-hybridized carbons (Fsp3) is 0.600. The summed E-state index contributed by atoms with van der Waals surface area (Å²) < 4.78 is 29.1. The quantitative estimate of drug-likeness (QED) is 0.820. The molecule has 0 aromatic carbocycles. The first-order valence-electron chi connectivity index (χ1n) is 7.16. The molecule has 1 unspecified atom stereocenters. The molecule has 0 spiro atoms. The number of amides is 1. The van der Waals surface area contributed by atoms with Crippen LogP contribution in [0.25, 0.3) is 0 Å². The van der Waals surface area contributed by atoms with Crippen molar-refractivity contribution in [1.82, 2.24) is 9.88 Å². The molecular weight excluding hydrogens is 304 g/mol. The number of aromatic nitrogens is 1. The van der Waals surface area contributed by atoms with Crippen molar-refractivity contribution in [3.63, 3.8) is 0 Å². The molecule has 1 aliphatic rings. The summed E-state index contributed by atoms with van der Waals surface area (Å²) in [7, 11) is -1.64. The zero-order chi connectivity index (χ0) is 16.5. The maximum atomic E-state index is 12.8. The van der Waals surface area contributed by atoms with Crippen LogP contribution in [0.5, 0.6) is 5.75 Å². The Morgan fingerprint density at radius 1 is 1.41 bits per heavy atom. The predicted molar refractivity (Wildman–Crippen MR) is 83.7 cm³/mol. The Hall–Kier alpha value is -1.63. The Morgan fingerprint density at radius 3 is 2.68 bits per heavy atom. The maximum Gasteiger partial charge on any atom is 0.276 e. The first-order valence-corrected chi connectivity index (χ1v) is 8.98. The summed E-state index contributed by atoms with van der Waals surface area (Å²) in [5.41, 5.74) is -0.121. The van der Waals surface area contributed by atoms with Crippen molar-refractivity contribution in [2.24, 2.45) is 5.41 Å². The van der Waals surface area contributed by atoms with Gasteiger partial charge in [-0.1, -0.05) is 20.8 Å². The number of pyridine rings is 1. The Morgan fingerprint density at radius 2 is 2.09 bits per heavy atom. The third-order valence-corrected chi connectivity index (χ3v) is 5.51. The van der Waals surface area contributed by atoms with Gasteiger partial charge in [0.2, 0.25) is 0 Å². The molecule has 1 aromatic heterocycles. The SMILES string of the molecule is COc1cccnc1C(=O)N1CCS(=O)(=O)CC1C(C)(C)C. The molecule has 7 heteroatoms. The van der Waals surface area contributed by atoms with Gasteiger partial charge in [-0.25, -0.2) is 13.4 Å². The molecule has 2 rings (SSSR count). The number of carbonyl (C=O) groups excluding carboxylic acids is 1. The fourth-order valence-electron chi connectivity index (χ4n) is 2.62. The van der Waals surface area contributed by atoms with Gasteiger partial charge in [-0.05, 0) is 17.5 Å². The Balaban J connectivity index is 2.39. The lowest BCUT2D eigenvalue weighted by molar-refractivity contribution is 0.0552. The monoisotopic (exact) mass is 326 g/mol. The Kier molecular flexibility index (Phi) is 4.47. The summed E-state index contributed by atoms with van der Waals surface area (Å²) in [5, 5.41) is 0. The van der Waals surface area contributed by atoms with Crippen LogP contribution < -0.4 is 4.74 Å². The number of nitrogens with zero attached hydrogens (tertiary/aromatic N) is 2. The van der Waals surface area contributed by atoms with Gasteiger partial charge in [0, 0.05) is 12.7 Å². The number of ether oxygens (including phenoxy) is 1. The van der Waals surface area contributed by atoms with Gasteiger partial charge < -0.3 is 9.64 Å². The molecule has 1 aliphatic heterocycles. The summed E-state index contributed by atoms with van der Waals surface area (Å²) in [6.07, 6.45) is 1.53. The van der Waals surface area contributed by atoms with Crippen molar-refractivity contribution in [2.45, 2.75) is 26.8 Å². The highest BCUT2D eigenvalue weighted by Gasteiger charge is 2.41. The minimum Gasteiger partial charge on any atom is -0.494 e. The van der Waals surface area contributed by atoms with Gasteiger partial charge in [0.25, 0.3) is 5.91 Å². The molecule has 1 aromatic rings. The molecule has 6 nitrogen and oxygen atoms in total. The van der Waals surface area contributed by atoms with Gasteiger partial charge in [-0.3, -0.25) is 4.79 Å². The van der Waals surface area contributed by atoms with Crippen LogP contribution in [-0.4, -0.2) is 55.4 Å². The predicted octanol–water partition coefficient (Wildman–Crippen LogP) is 1.38. The van der Waals surface area contributed by atoms with E-state index in [9.17, 15) is 13.2 Å². The van der Waals surface area contributed by atoms with Gasteiger partial charge in [0.05, 0.1) is 24.7 Å². The lowest BCUT2D eigenvalue weighted by atomic mass is 9.86. The van der Waals surface area contributed by atoms with Crippen LogP contribution in [0.2, 0.25) is 0 Å². The summed E-state index contributed by atoms with van der Waals surface area (Å²) in [5.74, 6) is 0.0820. The molecule has 0 saturated carbocycles. The van der Waals surface area contributed by atoms with Gasteiger partial charge >= 0.3 is 0 Å². The topological polar surface area (TPSA) is 76.6 Å². The average Bonchev–Trinajstić information content (AvgIpc) is 2.44. The van der Waals surface area contributed by atoms with Crippen LogP contribution in [0.3, 0.4) is 0 Å². The van der Waals surface area contributed by atoms with Crippen LogP contribution in [0.4, 0.5) is 0 Å². The lowest BCUT2D eigenvalue weighted by Crippen LogP contribution is -2.56. The molecule has 1 atom stereocenters. The molecular formula is C15H22N2O4S. The maximum absolute atomic E-state index is 12.8. The third kappa shape index (κ3) is 3.40. The van der Waals surface area contributed by atoms with E-state index in [2.05, 4.69) is 4.98 Å². The molecule has 0 bridgehead atoms. The van der Waals surface area contributed by atoms with Crippen molar-refractivity contribution in [3.05, 3.63) is 24.0 Å². The van der Waals surface area contributed by atoms with E-state index in [1.807, 2.05) is 20.8 Å². The van der Waals surface area contributed by atoms with E-state index >= 15 is 0 Å².